The first kappa shape index (κ1) is 14.0. The molecule has 0 spiro atoms. The van der Waals surface area contributed by atoms with Gasteiger partial charge in [-0.3, -0.25) is 4.79 Å². The lowest BCUT2D eigenvalue weighted by molar-refractivity contribution is 0.0773. The fourth-order valence-electron chi connectivity index (χ4n) is 2.16. The Labute approximate surface area is 108 Å². The van der Waals surface area contributed by atoms with Gasteiger partial charge in [-0.05, 0) is 32.3 Å². The fraction of sp³-hybridized carbons (Fsp3) is 0.615. The summed E-state index contributed by atoms with van der Waals surface area (Å²) in [5.41, 5.74) is 7.84. The van der Waals surface area contributed by atoms with E-state index in [0.717, 1.165) is 29.1 Å². The van der Waals surface area contributed by atoms with E-state index >= 15 is 0 Å². The number of aryl methyl sites for hydroxylation is 1. The zero-order valence-electron chi connectivity index (χ0n) is 11.3. The number of hydrogen-bond donors (Lipinski definition) is 1. The molecule has 0 aliphatic heterocycles. The van der Waals surface area contributed by atoms with Crippen molar-refractivity contribution < 1.29 is 4.79 Å². The molecule has 0 aliphatic rings. The first-order chi connectivity index (χ1) is 7.93. The number of thiophene rings is 1. The molecule has 0 aromatic carbocycles. The summed E-state index contributed by atoms with van der Waals surface area (Å²) in [6, 6.07) is 0. The average molecular weight is 254 g/mol. The van der Waals surface area contributed by atoms with Crippen LogP contribution in [0.15, 0.2) is 0 Å². The Morgan fingerprint density at radius 1 is 1.35 bits per heavy atom. The molecular weight excluding hydrogens is 232 g/mol. The van der Waals surface area contributed by atoms with Crippen molar-refractivity contribution in [1.82, 2.24) is 4.90 Å². The topological polar surface area (TPSA) is 46.3 Å². The van der Waals surface area contributed by atoms with Crippen LogP contribution in [0.25, 0.3) is 0 Å². The van der Waals surface area contributed by atoms with Crippen molar-refractivity contribution in [3.8, 4) is 0 Å². The van der Waals surface area contributed by atoms with Gasteiger partial charge in [-0.1, -0.05) is 13.8 Å². The van der Waals surface area contributed by atoms with Gasteiger partial charge in [0.25, 0.3) is 5.91 Å². The highest BCUT2D eigenvalue weighted by atomic mass is 32.1. The second kappa shape index (κ2) is 5.54. The first-order valence-corrected chi connectivity index (χ1v) is 6.93. The van der Waals surface area contributed by atoms with Crippen LogP contribution in [-0.2, 0) is 0 Å². The summed E-state index contributed by atoms with van der Waals surface area (Å²) in [6.45, 7) is 11.7. The molecule has 1 amide bonds. The number of carbonyl (C=O) groups excluding carboxylic acids is 1. The lowest BCUT2D eigenvalue weighted by Crippen LogP contribution is -2.31. The van der Waals surface area contributed by atoms with Gasteiger partial charge in [0.15, 0.2) is 0 Å². The molecule has 0 bridgehead atoms. The summed E-state index contributed by atoms with van der Waals surface area (Å²) < 4.78 is 0. The lowest BCUT2D eigenvalue weighted by atomic mass is 9.98. The third-order valence-corrected chi connectivity index (χ3v) is 3.95. The van der Waals surface area contributed by atoms with Gasteiger partial charge in [-0.15, -0.1) is 11.3 Å². The van der Waals surface area contributed by atoms with Crippen LogP contribution in [0.3, 0.4) is 0 Å². The fourth-order valence-corrected chi connectivity index (χ4v) is 3.24. The van der Waals surface area contributed by atoms with Crippen LogP contribution >= 0.6 is 11.3 Å². The quantitative estimate of drug-likeness (QED) is 0.896. The molecule has 1 aromatic rings. The van der Waals surface area contributed by atoms with Crippen molar-refractivity contribution in [1.29, 1.82) is 0 Å². The Balaban J connectivity index is 3.25. The van der Waals surface area contributed by atoms with E-state index in [-0.39, 0.29) is 5.91 Å². The van der Waals surface area contributed by atoms with Crippen molar-refractivity contribution in [2.24, 2.45) is 0 Å². The van der Waals surface area contributed by atoms with Crippen LogP contribution < -0.4 is 5.73 Å². The average Bonchev–Trinajstić information content (AvgIpc) is 2.55. The summed E-state index contributed by atoms with van der Waals surface area (Å²) in [5.74, 6) is 0.401. The van der Waals surface area contributed by atoms with Gasteiger partial charge in [0.1, 0.15) is 0 Å². The molecule has 0 radical (unpaired) electrons. The molecule has 0 saturated carbocycles. The van der Waals surface area contributed by atoms with Crippen LogP contribution in [0.2, 0.25) is 0 Å². The highest BCUT2D eigenvalue weighted by Gasteiger charge is 2.24. The highest BCUT2D eigenvalue weighted by molar-refractivity contribution is 7.16. The molecule has 0 saturated heterocycles. The number of anilines is 1. The molecule has 1 heterocycles. The molecule has 17 heavy (non-hydrogen) atoms. The number of nitrogen functional groups attached to an aromatic ring is 1. The van der Waals surface area contributed by atoms with E-state index in [9.17, 15) is 4.79 Å². The van der Waals surface area contributed by atoms with Crippen molar-refractivity contribution >= 4 is 22.2 Å². The van der Waals surface area contributed by atoms with Crippen LogP contribution in [0.1, 0.15) is 54.4 Å². The maximum absolute atomic E-state index is 12.4. The first-order valence-electron chi connectivity index (χ1n) is 6.11. The number of carbonyl (C=O) groups is 1. The predicted molar refractivity (Wildman–Crippen MR) is 74.8 cm³/mol. The Kier molecular flexibility index (Phi) is 4.57. The number of nitrogens with zero attached hydrogens (tertiary/aromatic N) is 1. The van der Waals surface area contributed by atoms with E-state index in [1.165, 1.54) is 11.3 Å². The Hall–Kier alpha value is -1.03. The number of hydrogen-bond acceptors (Lipinski definition) is 3. The molecule has 0 aliphatic carbocycles. The zero-order valence-corrected chi connectivity index (χ0v) is 12.1. The largest absolute Gasteiger partial charge is 0.390 e. The molecule has 0 unspecified atom stereocenters. The van der Waals surface area contributed by atoms with Crippen LogP contribution in [0.4, 0.5) is 5.00 Å². The van der Waals surface area contributed by atoms with Crippen molar-refractivity contribution in [3.63, 3.8) is 0 Å². The summed E-state index contributed by atoms with van der Waals surface area (Å²) in [7, 11) is 0. The summed E-state index contributed by atoms with van der Waals surface area (Å²) in [6.07, 6.45) is 0. The van der Waals surface area contributed by atoms with Crippen LogP contribution in [0.5, 0.6) is 0 Å². The van der Waals surface area contributed by atoms with E-state index in [1.54, 1.807) is 0 Å². The minimum Gasteiger partial charge on any atom is -0.390 e. The van der Waals surface area contributed by atoms with Crippen LogP contribution in [-0.4, -0.2) is 23.9 Å². The second-order valence-corrected chi connectivity index (χ2v) is 5.70. The van der Waals surface area contributed by atoms with Gasteiger partial charge in [0.2, 0.25) is 0 Å². The molecule has 3 nitrogen and oxygen atoms in total. The molecule has 0 fully saturated rings. The maximum Gasteiger partial charge on any atom is 0.257 e. The minimum atomic E-state index is 0.0700. The third kappa shape index (κ3) is 2.63. The van der Waals surface area contributed by atoms with Crippen molar-refractivity contribution in [2.45, 2.75) is 40.5 Å². The lowest BCUT2D eigenvalue weighted by Gasteiger charge is -2.20. The summed E-state index contributed by atoms with van der Waals surface area (Å²) in [5, 5.41) is 0.656. The molecule has 1 aromatic heterocycles. The van der Waals surface area contributed by atoms with Crippen molar-refractivity contribution in [2.75, 3.05) is 18.8 Å². The number of nitrogens with two attached hydrogens (primary N) is 1. The highest BCUT2D eigenvalue weighted by Crippen LogP contribution is 2.36. The molecule has 2 N–H and O–H groups in total. The van der Waals surface area contributed by atoms with Crippen molar-refractivity contribution in [3.05, 3.63) is 16.0 Å². The van der Waals surface area contributed by atoms with E-state index in [2.05, 4.69) is 13.8 Å². The van der Waals surface area contributed by atoms with Gasteiger partial charge >= 0.3 is 0 Å². The van der Waals surface area contributed by atoms with Gasteiger partial charge in [-0.25, -0.2) is 0 Å². The Morgan fingerprint density at radius 2 is 1.88 bits per heavy atom. The predicted octanol–water partition coefficient (Wildman–Crippen LogP) is 3.24. The smallest absolute Gasteiger partial charge is 0.257 e. The molecule has 96 valence electrons. The maximum atomic E-state index is 12.4. The van der Waals surface area contributed by atoms with E-state index < -0.39 is 0 Å². The van der Waals surface area contributed by atoms with E-state index in [4.69, 9.17) is 5.73 Å². The van der Waals surface area contributed by atoms with Gasteiger partial charge in [0, 0.05) is 18.0 Å². The SMILES string of the molecule is CCN(CC)C(=O)c1c(N)sc(C)c1C(C)C. The number of rotatable bonds is 4. The monoisotopic (exact) mass is 254 g/mol. The number of amides is 1. The van der Waals surface area contributed by atoms with Gasteiger partial charge in [-0.2, -0.15) is 0 Å². The molecule has 0 atom stereocenters. The zero-order chi connectivity index (χ0) is 13.2. The molecule has 4 heteroatoms. The van der Waals surface area contributed by atoms with E-state index in [1.807, 2.05) is 25.7 Å². The van der Waals surface area contributed by atoms with Gasteiger partial charge in [0.05, 0.1) is 10.6 Å². The second-order valence-electron chi connectivity index (χ2n) is 4.44. The Bertz CT molecular complexity index is 406. The molecular formula is C13H22N2OS. The molecule has 1 rings (SSSR count). The third-order valence-electron chi connectivity index (χ3n) is 3.00. The van der Waals surface area contributed by atoms with Gasteiger partial charge < -0.3 is 10.6 Å². The van der Waals surface area contributed by atoms with Crippen LogP contribution in [0, 0.1) is 6.92 Å². The summed E-state index contributed by atoms with van der Waals surface area (Å²) in [4.78, 5) is 15.4. The van der Waals surface area contributed by atoms with E-state index in [0.29, 0.717) is 10.9 Å². The summed E-state index contributed by atoms with van der Waals surface area (Å²) >= 11 is 1.52. The normalized spacial score (nSPS) is 10.9. The minimum absolute atomic E-state index is 0.0700. The standard InChI is InChI=1S/C13H22N2OS/c1-6-15(7-2)13(16)11-10(8(3)4)9(5)17-12(11)14/h8H,6-7,14H2,1-5H3. The Morgan fingerprint density at radius 3 is 2.29 bits per heavy atom.